The number of hydrazone groups is 1. The van der Waals surface area contributed by atoms with Crippen molar-refractivity contribution in [2.24, 2.45) is 5.10 Å². The quantitative estimate of drug-likeness (QED) is 0.290. The van der Waals surface area contributed by atoms with Gasteiger partial charge in [-0.1, -0.05) is 44.0 Å². The van der Waals surface area contributed by atoms with Gasteiger partial charge in [0.2, 0.25) is 0 Å². The van der Waals surface area contributed by atoms with E-state index in [1.807, 2.05) is 36.4 Å². The maximum absolute atomic E-state index is 12.0. The Morgan fingerprint density at radius 1 is 0.968 bits per heavy atom. The minimum atomic E-state index is -0.376. The van der Waals surface area contributed by atoms with Crippen LogP contribution in [0, 0.1) is 0 Å². The highest BCUT2D eigenvalue weighted by molar-refractivity contribution is 9.10. The molecule has 0 aliphatic carbocycles. The Bertz CT molecular complexity index is 1060. The normalized spacial score (nSPS) is 10.7. The van der Waals surface area contributed by atoms with Crippen LogP contribution >= 0.6 is 31.9 Å². The first kappa shape index (κ1) is 22.8. The molecule has 0 spiro atoms. The highest BCUT2D eigenvalue weighted by Gasteiger charge is 2.06. The van der Waals surface area contributed by atoms with Gasteiger partial charge in [0.15, 0.2) is 6.61 Å². The van der Waals surface area contributed by atoms with Crippen LogP contribution in [0.1, 0.15) is 11.1 Å². The maximum Gasteiger partial charge on any atom is 0.277 e. The third-order valence-electron chi connectivity index (χ3n) is 4.08. The second-order valence-electron chi connectivity index (χ2n) is 6.36. The van der Waals surface area contributed by atoms with Gasteiger partial charge in [-0.2, -0.15) is 5.10 Å². The molecule has 0 unspecified atom stereocenters. The van der Waals surface area contributed by atoms with Crippen molar-refractivity contribution < 1.29 is 19.0 Å². The molecule has 3 aromatic carbocycles. The molecule has 0 aliphatic heterocycles. The number of halogens is 2. The number of hydrogen-bond acceptors (Lipinski definition) is 5. The third-order valence-corrected chi connectivity index (χ3v) is 5.10. The Labute approximate surface area is 197 Å². The largest absolute Gasteiger partial charge is 0.497 e. The summed E-state index contributed by atoms with van der Waals surface area (Å²) < 4.78 is 18.6. The monoisotopic (exact) mass is 546 g/mol. The van der Waals surface area contributed by atoms with Crippen LogP contribution in [0.4, 0.5) is 0 Å². The Kier molecular flexibility index (Phi) is 8.49. The van der Waals surface area contributed by atoms with Gasteiger partial charge in [0, 0.05) is 14.5 Å². The summed E-state index contributed by atoms with van der Waals surface area (Å²) in [5.41, 5.74) is 4.14. The Morgan fingerprint density at radius 2 is 1.74 bits per heavy atom. The molecular weight excluding hydrogens is 528 g/mol. The molecule has 3 aromatic rings. The summed E-state index contributed by atoms with van der Waals surface area (Å²) in [6.07, 6.45) is 1.51. The lowest BCUT2D eigenvalue weighted by Gasteiger charge is -2.11. The minimum absolute atomic E-state index is 0.149. The summed E-state index contributed by atoms with van der Waals surface area (Å²) >= 11 is 6.80. The van der Waals surface area contributed by atoms with E-state index in [-0.39, 0.29) is 12.5 Å². The van der Waals surface area contributed by atoms with E-state index in [0.29, 0.717) is 29.4 Å². The molecule has 0 saturated carbocycles. The van der Waals surface area contributed by atoms with Crippen LogP contribution in [0.15, 0.2) is 80.8 Å². The van der Waals surface area contributed by atoms with E-state index in [0.717, 1.165) is 14.5 Å². The van der Waals surface area contributed by atoms with E-state index >= 15 is 0 Å². The topological polar surface area (TPSA) is 69.2 Å². The Morgan fingerprint density at radius 3 is 2.48 bits per heavy atom. The van der Waals surface area contributed by atoms with Crippen LogP contribution in [-0.2, 0) is 11.4 Å². The molecule has 3 rings (SSSR count). The number of benzene rings is 3. The van der Waals surface area contributed by atoms with Gasteiger partial charge in [0.25, 0.3) is 5.91 Å². The summed E-state index contributed by atoms with van der Waals surface area (Å²) in [5.74, 6) is 1.49. The number of methoxy groups -OCH3 is 1. The fourth-order valence-corrected chi connectivity index (χ4v) is 3.27. The van der Waals surface area contributed by atoms with Crippen molar-refractivity contribution in [2.45, 2.75) is 6.61 Å². The van der Waals surface area contributed by atoms with Gasteiger partial charge >= 0.3 is 0 Å². The van der Waals surface area contributed by atoms with Crippen molar-refractivity contribution >= 4 is 44.0 Å². The van der Waals surface area contributed by atoms with Crippen molar-refractivity contribution in [2.75, 3.05) is 13.7 Å². The van der Waals surface area contributed by atoms with Crippen molar-refractivity contribution in [3.63, 3.8) is 0 Å². The van der Waals surface area contributed by atoms with Gasteiger partial charge in [-0.3, -0.25) is 4.79 Å². The fraction of sp³-hybridized carbons (Fsp3) is 0.130. The molecule has 0 radical (unpaired) electrons. The van der Waals surface area contributed by atoms with Crippen LogP contribution < -0.4 is 19.6 Å². The predicted molar refractivity (Wildman–Crippen MR) is 127 cm³/mol. The molecule has 160 valence electrons. The molecule has 0 atom stereocenters. The van der Waals surface area contributed by atoms with E-state index in [1.54, 1.807) is 37.4 Å². The van der Waals surface area contributed by atoms with E-state index in [2.05, 4.69) is 42.4 Å². The van der Waals surface area contributed by atoms with Crippen molar-refractivity contribution in [3.8, 4) is 17.2 Å². The molecule has 0 bridgehead atoms. The van der Waals surface area contributed by atoms with Crippen LogP contribution in [0.3, 0.4) is 0 Å². The number of carbonyl (C=O) groups excluding carboxylic acids is 1. The third kappa shape index (κ3) is 7.41. The lowest BCUT2D eigenvalue weighted by atomic mass is 10.2. The first-order chi connectivity index (χ1) is 15.0. The van der Waals surface area contributed by atoms with E-state index in [4.69, 9.17) is 14.2 Å². The van der Waals surface area contributed by atoms with Gasteiger partial charge in [0.1, 0.15) is 23.9 Å². The number of carbonyl (C=O) groups is 1. The number of ether oxygens (including phenoxy) is 3. The number of amides is 1. The number of hydrogen-bond donors (Lipinski definition) is 1. The first-order valence-electron chi connectivity index (χ1n) is 9.29. The van der Waals surface area contributed by atoms with Crippen LogP contribution in [0.2, 0.25) is 0 Å². The van der Waals surface area contributed by atoms with Crippen molar-refractivity contribution in [1.29, 1.82) is 0 Å². The molecule has 1 amide bonds. The molecule has 1 N–H and O–H groups in total. The summed E-state index contributed by atoms with van der Waals surface area (Å²) in [5, 5.41) is 4.02. The lowest BCUT2D eigenvalue weighted by Crippen LogP contribution is -2.24. The van der Waals surface area contributed by atoms with E-state index in [9.17, 15) is 4.79 Å². The molecule has 0 aliphatic rings. The van der Waals surface area contributed by atoms with Gasteiger partial charge in [-0.25, -0.2) is 5.43 Å². The zero-order valence-electron chi connectivity index (χ0n) is 16.7. The summed E-state index contributed by atoms with van der Waals surface area (Å²) in [6, 6.07) is 20.5. The van der Waals surface area contributed by atoms with Gasteiger partial charge in [-0.15, -0.1) is 0 Å². The van der Waals surface area contributed by atoms with Gasteiger partial charge < -0.3 is 14.2 Å². The minimum Gasteiger partial charge on any atom is -0.497 e. The van der Waals surface area contributed by atoms with Crippen LogP contribution in [0.25, 0.3) is 0 Å². The molecule has 0 saturated heterocycles. The molecule has 8 heteroatoms. The Hall–Kier alpha value is -2.84. The molecule has 6 nitrogen and oxygen atoms in total. The first-order valence-corrected chi connectivity index (χ1v) is 10.9. The number of nitrogens with one attached hydrogen (secondary N) is 1. The summed E-state index contributed by atoms with van der Waals surface area (Å²) in [4.78, 5) is 12.0. The fourth-order valence-electron chi connectivity index (χ4n) is 2.56. The van der Waals surface area contributed by atoms with E-state index in [1.165, 1.54) is 6.21 Å². The molecule has 31 heavy (non-hydrogen) atoms. The average molecular weight is 548 g/mol. The Balaban J connectivity index is 1.59. The lowest BCUT2D eigenvalue weighted by molar-refractivity contribution is -0.123. The molecular formula is C23H20Br2N2O4. The molecule has 0 heterocycles. The zero-order valence-corrected chi connectivity index (χ0v) is 19.9. The molecule has 0 aromatic heterocycles. The highest BCUT2D eigenvalue weighted by atomic mass is 79.9. The van der Waals surface area contributed by atoms with Gasteiger partial charge in [0.05, 0.1) is 13.3 Å². The SMILES string of the molecule is COc1ccc(OCc2cccc(Br)c2)c(/C=N/NC(=O)COc2ccc(Br)cc2)c1. The molecule has 0 fully saturated rings. The standard InChI is InChI=1S/C23H20Br2N2O4/c1-29-21-9-10-22(31-14-16-3-2-4-19(25)11-16)17(12-21)13-26-27-23(28)15-30-20-7-5-18(24)6-8-20/h2-13H,14-15H2,1H3,(H,27,28)/b26-13+. The number of rotatable bonds is 9. The summed E-state index contributed by atoms with van der Waals surface area (Å²) in [7, 11) is 1.58. The highest BCUT2D eigenvalue weighted by Crippen LogP contribution is 2.24. The van der Waals surface area contributed by atoms with Crippen LogP contribution in [0.5, 0.6) is 17.2 Å². The second kappa shape index (κ2) is 11.5. The zero-order chi connectivity index (χ0) is 22.1. The summed E-state index contributed by atoms with van der Waals surface area (Å²) in [6.45, 7) is 0.239. The average Bonchev–Trinajstić information content (AvgIpc) is 2.78. The van der Waals surface area contributed by atoms with E-state index < -0.39 is 0 Å². The van der Waals surface area contributed by atoms with Gasteiger partial charge in [-0.05, 0) is 60.2 Å². The predicted octanol–water partition coefficient (Wildman–Crippen LogP) is 5.33. The maximum atomic E-state index is 12.0. The number of nitrogens with zero attached hydrogens (tertiary/aromatic N) is 1. The van der Waals surface area contributed by atoms with Crippen molar-refractivity contribution in [3.05, 3.63) is 86.8 Å². The van der Waals surface area contributed by atoms with Crippen molar-refractivity contribution in [1.82, 2.24) is 5.43 Å². The second-order valence-corrected chi connectivity index (χ2v) is 8.19. The smallest absolute Gasteiger partial charge is 0.277 e. The van der Waals surface area contributed by atoms with Crippen LogP contribution in [-0.4, -0.2) is 25.8 Å².